The van der Waals surface area contributed by atoms with Crippen molar-refractivity contribution in [3.63, 3.8) is 0 Å². The van der Waals surface area contributed by atoms with Gasteiger partial charge >= 0.3 is 0 Å². The fourth-order valence-corrected chi connectivity index (χ4v) is 3.26. The Morgan fingerprint density at radius 1 is 1.19 bits per heavy atom. The van der Waals surface area contributed by atoms with Crippen LogP contribution >= 0.6 is 15.9 Å². The Hall–Kier alpha value is -2.54. The van der Waals surface area contributed by atoms with E-state index in [9.17, 15) is 4.79 Å². The summed E-state index contributed by atoms with van der Waals surface area (Å²) in [6.07, 6.45) is 0.982. The smallest absolute Gasteiger partial charge is 0.244 e. The maximum Gasteiger partial charge on any atom is 0.244 e. The number of benzene rings is 2. The average Bonchev–Trinajstić information content (AvgIpc) is 3.10. The largest absolute Gasteiger partial charge is 0.348 e. The summed E-state index contributed by atoms with van der Waals surface area (Å²) in [4.78, 5) is 13.6. The molecule has 0 fully saturated rings. The van der Waals surface area contributed by atoms with E-state index in [4.69, 9.17) is 0 Å². The molecule has 1 N–H and O–H groups in total. The summed E-state index contributed by atoms with van der Waals surface area (Å²) in [6.45, 7) is 4.07. The van der Waals surface area contributed by atoms with Crippen LogP contribution in [0.25, 0.3) is 11.4 Å². The second-order valence-electron chi connectivity index (χ2n) is 6.00. The molecule has 0 saturated heterocycles. The van der Waals surface area contributed by atoms with Gasteiger partial charge in [-0.2, -0.15) is 4.80 Å². The molecule has 1 heterocycles. The summed E-state index contributed by atoms with van der Waals surface area (Å²) in [5, 5.41) is 15.3. The molecule has 0 bridgehead atoms. The molecule has 0 unspecified atom stereocenters. The molecule has 1 atom stereocenters. The summed E-state index contributed by atoms with van der Waals surface area (Å²) < 4.78 is 0.962. The van der Waals surface area contributed by atoms with Crippen LogP contribution in [0, 0.1) is 0 Å². The van der Waals surface area contributed by atoms with E-state index in [2.05, 4.69) is 43.6 Å². The van der Waals surface area contributed by atoms with Crippen LogP contribution in [0.15, 0.2) is 53.0 Å². The van der Waals surface area contributed by atoms with Gasteiger partial charge in [-0.1, -0.05) is 65.3 Å². The van der Waals surface area contributed by atoms with E-state index < -0.39 is 0 Å². The van der Waals surface area contributed by atoms with Gasteiger partial charge in [-0.05, 0) is 35.8 Å². The third-order valence-electron chi connectivity index (χ3n) is 4.11. The molecule has 6 nitrogen and oxygen atoms in total. The molecule has 0 aliphatic carbocycles. The molecule has 1 amide bonds. The van der Waals surface area contributed by atoms with E-state index >= 15 is 0 Å². The van der Waals surface area contributed by atoms with E-state index in [1.165, 1.54) is 10.4 Å². The molecule has 0 radical (unpaired) electrons. The molecule has 2 aromatic carbocycles. The topological polar surface area (TPSA) is 72.7 Å². The number of hydrogen-bond acceptors (Lipinski definition) is 4. The zero-order valence-electron chi connectivity index (χ0n) is 14.7. The third-order valence-corrected chi connectivity index (χ3v) is 4.83. The van der Waals surface area contributed by atoms with Crippen LogP contribution in [0.4, 0.5) is 0 Å². The van der Waals surface area contributed by atoms with Crippen LogP contribution in [0.5, 0.6) is 0 Å². The van der Waals surface area contributed by atoms with Crippen molar-refractivity contribution in [3.8, 4) is 11.4 Å². The summed E-state index contributed by atoms with van der Waals surface area (Å²) in [6, 6.07) is 15.7. The van der Waals surface area contributed by atoms with Crippen LogP contribution in [0.2, 0.25) is 0 Å². The second kappa shape index (κ2) is 8.23. The number of hydrogen-bond donors (Lipinski definition) is 1. The number of aryl methyl sites for hydroxylation is 1. The number of nitrogens with one attached hydrogen (secondary N) is 1. The van der Waals surface area contributed by atoms with Crippen LogP contribution in [-0.4, -0.2) is 26.1 Å². The van der Waals surface area contributed by atoms with Crippen molar-refractivity contribution in [2.24, 2.45) is 0 Å². The van der Waals surface area contributed by atoms with Crippen molar-refractivity contribution in [2.45, 2.75) is 32.9 Å². The third kappa shape index (κ3) is 4.35. The quantitative estimate of drug-likeness (QED) is 0.670. The summed E-state index contributed by atoms with van der Waals surface area (Å²) >= 11 is 3.50. The Morgan fingerprint density at radius 3 is 2.62 bits per heavy atom. The monoisotopic (exact) mass is 413 g/mol. The van der Waals surface area contributed by atoms with Gasteiger partial charge in [0, 0.05) is 10.0 Å². The molecule has 0 spiro atoms. The minimum absolute atomic E-state index is 0.0227. The first-order valence-corrected chi connectivity index (χ1v) is 9.27. The maximum absolute atomic E-state index is 12.3. The standard InChI is InChI=1S/C19H20BrN5O/c1-3-14-8-10-15(11-9-14)19-22-24-25(23-19)12-18(26)21-13(2)16-6-4-5-7-17(16)20/h4-11,13H,3,12H2,1-2H3,(H,21,26)/t13-/m1/s1. The zero-order valence-corrected chi connectivity index (χ0v) is 16.3. The highest BCUT2D eigenvalue weighted by molar-refractivity contribution is 9.10. The Bertz CT molecular complexity index is 891. The second-order valence-corrected chi connectivity index (χ2v) is 6.86. The number of halogens is 1. The van der Waals surface area contributed by atoms with Gasteiger partial charge in [-0.3, -0.25) is 4.79 Å². The molecule has 0 aliphatic heterocycles. The molecule has 1 aromatic heterocycles. The van der Waals surface area contributed by atoms with Gasteiger partial charge in [-0.15, -0.1) is 10.2 Å². The minimum atomic E-state index is -0.168. The molecule has 7 heteroatoms. The number of amides is 1. The predicted octanol–water partition coefficient (Wildman–Crippen LogP) is 3.54. The first-order chi connectivity index (χ1) is 12.6. The fourth-order valence-electron chi connectivity index (χ4n) is 2.63. The van der Waals surface area contributed by atoms with Crippen molar-refractivity contribution in [1.29, 1.82) is 0 Å². The van der Waals surface area contributed by atoms with Gasteiger partial charge in [0.1, 0.15) is 6.54 Å². The number of nitrogens with zero attached hydrogens (tertiary/aromatic N) is 4. The zero-order chi connectivity index (χ0) is 18.5. The van der Waals surface area contributed by atoms with E-state index in [1.54, 1.807) is 0 Å². The molecule has 3 rings (SSSR count). The highest BCUT2D eigenvalue weighted by Gasteiger charge is 2.14. The van der Waals surface area contributed by atoms with Gasteiger partial charge in [0.05, 0.1) is 6.04 Å². The van der Waals surface area contributed by atoms with Crippen LogP contribution < -0.4 is 5.32 Å². The fraction of sp³-hybridized carbons (Fsp3) is 0.263. The molecule has 26 heavy (non-hydrogen) atoms. The number of carbonyl (C=O) groups is 1. The number of tetrazole rings is 1. The molecule has 0 saturated carbocycles. The first-order valence-electron chi connectivity index (χ1n) is 8.47. The molecular formula is C19H20BrN5O. The lowest BCUT2D eigenvalue weighted by molar-refractivity contribution is -0.122. The Labute approximate surface area is 160 Å². The lowest BCUT2D eigenvalue weighted by atomic mass is 10.1. The Balaban J connectivity index is 1.63. The molecule has 134 valence electrons. The van der Waals surface area contributed by atoms with Crippen molar-refractivity contribution >= 4 is 21.8 Å². The molecule has 0 aliphatic rings. The maximum atomic E-state index is 12.3. The predicted molar refractivity (Wildman–Crippen MR) is 103 cm³/mol. The lowest BCUT2D eigenvalue weighted by Gasteiger charge is -2.15. The Morgan fingerprint density at radius 2 is 1.92 bits per heavy atom. The Kier molecular flexibility index (Phi) is 5.78. The molecule has 3 aromatic rings. The van der Waals surface area contributed by atoms with E-state index in [1.807, 2.05) is 55.5 Å². The van der Waals surface area contributed by atoms with Crippen molar-refractivity contribution < 1.29 is 4.79 Å². The van der Waals surface area contributed by atoms with Crippen LogP contribution in [0.1, 0.15) is 31.0 Å². The van der Waals surface area contributed by atoms with Gasteiger partial charge in [0.15, 0.2) is 0 Å². The highest BCUT2D eigenvalue weighted by atomic mass is 79.9. The van der Waals surface area contributed by atoms with Crippen molar-refractivity contribution in [3.05, 3.63) is 64.1 Å². The van der Waals surface area contributed by atoms with Crippen LogP contribution in [0.3, 0.4) is 0 Å². The SMILES string of the molecule is CCc1ccc(-c2nnn(CC(=O)N[C@H](C)c3ccccc3Br)n2)cc1. The first kappa shape index (κ1) is 18.3. The lowest BCUT2D eigenvalue weighted by Crippen LogP contribution is -2.31. The minimum Gasteiger partial charge on any atom is -0.348 e. The van der Waals surface area contributed by atoms with Crippen LogP contribution in [-0.2, 0) is 17.8 Å². The van der Waals surface area contributed by atoms with Gasteiger partial charge in [0.25, 0.3) is 0 Å². The number of rotatable bonds is 6. The van der Waals surface area contributed by atoms with Gasteiger partial charge < -0.3 is 5.32 Å². The summed E-state index contributed by atoms with van der Waals surface area (Å²) in [5.74, 6) is 0.345. The van der Waals surface area contributed by atoms with Crippen molar-refractivity contribution in [2.75, 3.05) is 0 Å². The van der Waals surface area contributed by atoms with E-state index in [0.717, 1.165) is 22.0 Å². The normalized spacial score (nSPS) is 12.0. The van der Waals surface area contributed by atoms with Gasteiger partial charge in [0.2, 0.25) is 11.7 Å². The van der Waals surface area contributed by atoms with E-state index in [-0.39, 0.29) is 18.5 Å². The summed E-state index contributed by atoms with van der Waals surface area (Å²) in [5.41, 5.74) is 3.15. The van der Waals surface area contributed by atoms with Gasteiger partial charge in [-0.25, -0.2) is 0 Å². The van der Waals surface area contributed by atoms with E-state index in [0.29, 0.717) is 5.82 Å². The molecular weight excluding hydrogens is 394 g/mol. The summed E-state index contributed by atoms with van der Waals surface area (Å²) in [7, 11) is 0. The number of aromatic nitrogens is 4. The highest BCUT2D eigenvalue weighted by Crippen LogP contribution is 2.22. The average molecular weight is 414 g/mol. The van der Waals surface area contributed by atoms with Crippen molar-refractivity contribution in [1.82, 2.24) is 25.5 Å². The number of carbonyl (C=O) groups excluding carboxylic acids is 1.